The van der Waals surface area contributed by atoms with Crippen molar-refractivity contribution in [2.45, 2.75) is 44.7 Å². The number of carbonyl (C=O) groups excluding carboxylic acids is 2. The third kappa shape index (κ3) is 5.66. The van der Waals surface area contributed by atoms with Crippen LogP contribution in [0, 0.1) is 0 Å². The van der Waals surface area contributed by atoms with E-state index in [1.807, 2.05) is 91.9 Å². The summed E-state index contributed by atoms with van der Waals surface area (Å²) in [5.74, 6) is 0.175. The third-order valence-electron chi connectivity index (χ3n) is 6.27. The zero-order valence-electron chi connectivity index (χ0n) is 19.7. The number of benzene rings is 3. The van der Waals surface area contributed by atoms with Crippen LogP contribution in [0.1, 0.15) is 48.8 Å². The summed E-state index contributed by atoms with van der Waals surface area (Å²) in [4.78, 5) is 29.1. The van der Waals surface area contributed by atoms with Crippen LogP contribution in [0.3, 0.4) is 0 Å². The fourth-order valence-electron chi connectivity index (χ4n) is 4.55. The lowest BCUT2D eigenvalue weighted by molar-refractivity contribution is -0.141. The molecule has 176 valence electrons. The number of hydrogen-bond donors (Lipinski definition) is 1. The van der Waals surface area contributed by atoms with E-state index in [2.05, 4.69) is 5.32 Å². The van der Waals surface area contributed by atoms with E-state index >= 15 is 0 Å². The molecule has 0 aromatic heterocycles. The molecule has 5 heteroatoms. The Kier molecular flexibility index (Phi) is 7.97. The van der Waals surface area contributed by atoms with Crippen LogP contribution in [0.5, 0.6) is 5.75 Å². The number of ether oxygens (including phenoxy) is 1. The summed E-state index contributed by atoms with van der Waals surface area (Å²) in [6.07, 6.45) is 2.48. The number of hydrogen-bond acceptors (Lipinski definition) is 3. The van der Waals surface area contributed by atoms with Crippen molar-refractivity contribution in [2.24, 2.45) is 0 Å². The Hall–Kier alpha value is -3.60. The van der Waals surface area contributed by atoms with Gasteiger partial charge in [-0.2, -0.15) is 0 Å². The first-order valence-electron chi connectivity index (χ1n) is 12.1. The second kappa shape index (κ2) is 11.5. The standard InChI is InChI=1S/C29H32N2O3/c1-2-34-25-18-16-22(17-19-25)21-31(26-15-9-10-20-30-28(26)32)29(33)27(23-11-5-3-6-12-23)24-13-7-4-8-14-24/h3-8,11-14,16-19,26-27H,2,9-10,15,20-21H2,1H3,(H,30,32). The molecule has 1 aliphatic rings. The highest BCUT2D eigenvalue weighted by atomic mass is 16.5. The number of nitrogens with one attached hydrogen (secondary N) is 1. The van der Waals surface area contributed by atoms with Crippen LogP contribution in [0.25, 0.3) is 0 Å². The maximum absolute atomic E-state index is 14.3. The normalized spacial score (nSPS) is 15.9. The first-order valence-corrected chi connectivity index (χ1v) is 12.1. The minimum atomic E-state index is -0.503. The fourth-order valence-corrected chi connectivity index (χ4v) is 4.55. The minimum absolute atomic E-state index is 0.0617. The summed E-state index contributed by atoms with van der Waals surface area (Å²) in [6.45, 7) is 3.56. The smallest absolute Gasteiger partial charge is 0.242 e. The molecule has 3 aromatic rings. The molecule has 1 heterocycles. The van der Waals surface area contributed by atoms with E-state index < -0.39 is 12.0 Å². The quantitative estimate of drug-likeness (QED) is 0.524. The number of amides is 2. The van der Waals surface area contributed by atoms with Crippen molar-refractivity contribution in [1.82, 2.24) is 10.2 Å². The zero-order valence-corrected chi connectivity index (χ0v) is 19.7. The summed E-state index contributed by atoms with van der Waals surface area (Å²) in [7, 11) is 0. The van der Waals surface area contributed by atoms with E-state index in [1.165, 1.54) is 0 Å². The average molecular weight is 457 g/mol. The molecule has 1 aliphatic heterocycles. The molecule has 5 nitrogen and oxygen atoms in total. The molecule has 1 saturated heterocycles. The Morgan fingerprint density at radius 2 is 1.56 bits per heavy atom. The number of rotatable bonds is 8. The Labute approximate surface area is 201 Å². The molecular formula is C29H32N2O3. The molecular weight excluding hydrogens is 424 g/mol. The second-order valence-electron chi connectivity index (χ2n) is 8.60. The van der Waals surface area contributed by atoms with Crippen molar-refractivity contribution >= 4 is 11.8 Å². The predicted octanol–water partition coefficient (Wildman–Crippen LogP) is 4.91. The Bertz CT molecular complexity index is 1030. The maximum atomic E-state index is 14.3. The van der Waals surface area contributed by atoms with E-state index in [9.17, 15) is 9.59 Å². The van der Waals surface area contributed by atoms with Gasteiger partial charge in [0.2, 0.25) is 11.8 Å². The zero-order chi connectivity index (χ0) is 23.8. The van der Waals surface area contributed by atoms with E-state index in [0.29, 0.717) is 26.1 Å². The van der Waals surface area contributed by atoms with Crippen LogP contribution in [-0.4, -0.2) is 35.9 Å². The molecule has 1 fully saturated rings. The lowest BCUT2D eigenvalue weighted by atomic mass is 9.89. The fraction of sp³-hybridized carbons (Fsp3) is 0.310. The average Bonchev–Trinajstić information content (AvgIpc) is 3.09. The highest BCUT2D eigenvalue weighted by molar-refractivity contribution is 5.92. The van der Waals surface area contributed by atoms with Gasteiger partial charge < -0.3 is 15.0 Å². The topological polar surface area (TPSA) is 58.6 Å². The molecule has 0 bridgehead atoms. The summed E-state index contributed by atoms with van der Waals surface area (Å²) < 4.78 is 5.57. The number of carbonyl (C=O) groups is 2. The molecule has 0 saturated carbocycles. The molecule has 0 spiro atoms. The van der Waals surface area contributed by atoms with Crippen molar-refractivity contribution in [3.8, 4) is 5.75 Å². The van der Waals surface area contributed by atoms with Crippen LogP contribution >= 0.6 is 0 Å². The Balaban J connectivity index is 1.72. The molecule has 0 aliphatic carbocycles. The lowest BCUT2D eigenvalue weighted by Crippen LogP contribution is -2.49. The Morgan fingerprint density at radius 1 is 0.941 bits per heavy atom. The van der Waals surface area contributed by atoms with Gasteiger partial charge in [-0.3, -0.25) is 9.59 Å². The maximum Gasteiger partial charge on any atom is 0.242 e. The first-order chi connectivity index (χ1) is 16.7. The van der Waals surface area contributed by atoms with E-state index in [1.54, 1.807) is 4.90 Å². The largest absolute Gasteiger partial charge is 0.494 e. The molecule has 34 heavy (non-hydrogen) atoms. The summed E-state index contributed by atoms with van der Waals surface area (Å²) in [6, 6.07) is 26.9. The monoisotopic (exact) mass is 456 g/mol. The van der Waals surface area contributed by atoms with Gasteiger partial charge in [-0.15, -0.1) is 0 Å². The van der Waals surface area contributed by atoms with Gasteiger partial charge in [-0.05, 0) is 55.0 Å². The number of nitrogens with zero attached hydrogens (tertiary/aromatic N) is 1. The van der Waals surface area contributed by atoms with Gasteiger partial charge >= 0.3 is 0 Å². The SMILES string of the molecule is CCOc1ccc(CN(C(=O)C(c2ccccc2)c2ccccc2)C2CCCCNC2=O)cc1. The van der Waals surface area contributed by atoms with E-state index in [0.717, 1.165) is 35.3 Å². The second-order valence-corrected chi connectivity index (χ2v) is 8.60. The minimum Gasteiger partial charge on any atom is -0.494 e. The highest BCUT2D eigenvalue weighted by Gasteiger charge is 2.35. The van der Waals surface area contributed by atoms with Gasteiger partial charge in [-0.25, -0.2) is 0 Å². The van der Waals surface area contributed by atoms with Gasteiger partial charge in [-0.1, -0.05) is 72.8 Å². The first kappa shape index (κ1) is 23.6. The van der Waals surface area contributed by atoms with Crippen molar-refractivity contribution in [3.05, 3.63) is 102 Å². The van der Waals surface area contributed by atoms with Crippen LogP contribution < -0.4 is 10.1 Å². The summed E-state index contributed by atoms with van der Waals surface area (Å²) in [5, 5.41) is 3.01. The van der Waals surface area contributed by atoms with Crippen LogP contribution in [0.15, 0.2) is 84.9 Å². The molecule has 1 unspecified atom stereocenters. The van der Waals surface area contributed by atoms with Gasteiger partial charge in [0.05, 0.1) is 12.5 Å². The van der Waals surface area contributed by atoms with Crippen LogP contribution in [0.4, 0.5) is 0 Å². The third-order valence-corrected chi connectivity index (χ3v) is 6.27. The van der Waals surface area contributed by atoms with Crippen molar-refractivity contribution in [1.29, 1.82) is 0 Å². The molecule has 1 N–H and O–H groups in total. The summed E-state index contributed by atoms with van der Waals surface area (Å²) in [5.41, 5.74) is 2.81. The molecule has 3 aromatic carbocycles. The lowest BCUT2D eigenvalue weighted by Gasteiger charge is -2.33. The van der Waals surface area contributed by atoms with Crippen molar-refractivity contribution in [3.63, 3.8) is 0 Å². The van der Waals surface area contributed by atoms with Gasteiger partial charge in [0.1, 0.15) is 11.8 Å². The Morgan fingerprint density at radius 3 is 2.15 bits per heavy atom. The van der Waals surface area contributed by atoms with Gasteiger partial charge in [0, 0.05) is 13.1 Å². The summed E-state index contributed by atoms with van der Waals surface area (Å²) >= 11 is 0. The highest BCUT2D eigenvalue weighted by Crippen LogP contribution is 2.30. The van der Waals surface area contributed by atoms with E-state index in [4.69, 9.17) is 4.74 Å². The molecule has 4 rings (SSSR count). The van der Waals surface area contributed by atoms with Gasteiger partial charge in [0.15, 0.2) is 0 Å². The van der Waals surface area contributed by atoms with Crippen LogP contribution in [0.2, 0.25) is 0 Å². The predicted molar refractivity (Wildman–Crippen MR) is 134 cm³/mol. The van der Waals surface area contributed by atoms with Crippen molar-refractivity contribution in [2.75, 3.05) is 13.2 Å². The van der Waals surface area contributed by atoms with Gasteiger partial charge in [0.25, 0.3) is 0 Å². The van der Waals surface area contributed by atoms with E-state index in [-0.39, 0.29) is 11.8 Å². The molecule has 1 atom stereocenters. The molecule has 0 radical (unpaired) electrons. The van der Waals surface area contributed by atoms with Crippen molar-refractivity contribution < 1.29 is 14.3 Å². The molecule has 2 amide bonds. The van der Waals surface area contributed by atoms with Crippen LogP contribution in [-0.2, 0) is 16.1 Å².